The van der Waals surface area contributed by atoms with Crippen LogP contribution in [0.1, 0.15) is 19.8 Å². The van der Waals surface area contributed by atoms with E-state index in [4.69, 9.17) is 4.74 Å². The van der Waals surface area contributed by atoms with E-state index in [2.05, 4.69) is 6.08 Å². The monoisotopic (exact) mass is 305 g/mol. The molecule has 0 saturated carbocycles. The second-order valence-electron chi connectivity index (χ2n) is 5.36. The molecule has 2 aromatic rings. The Bertz CT molecular complexity index is 826. The Morgan fingerprint density at radius 3 is 2.70 bits per heavy atom. The van der Waals surface area contributed by atoms with Crippen molar-refractivity contribution < 1.29 is 4.74 Å². The summed E-state index contributed by atoms with van der Waals surface area (Å²) < 4.78 is 7.74. The minimum atomic E-state index is -0.0904. The molecule has 0 fully saturated rings. The molecule has 1 aliphatic carbocycles. The predicted molar refractivity (Wildman–Crippen MR) is 94.2 cm³/mol. The van der Waals surface area contributed by atoms with Crippen molar-refractivity contribution in [1.29, 1.82) is 0 Å². The minimum absolute atomic E-state index is 0.0904. The summed E-state index contributed by atoms with van der Waals surface area (Å²) in [5.41, 5.74) is 1.43. The van der Waals surface area contributed by atoms with E-state index in [1.54, 1.807) is 6.20 Å². The van der Waals surface area contributed by atoms with Crippen LogP contribution in [0.2, 0.25) is 0 Å². The zero-order valence-electron chi connectivity index (χ0n) is 13.1. The van der Waals surface area contributed by atoms with Crippen LogP contribution in [-0.2, 0) is 0 Å². The average Bonchev–Trinajstić information content (AvgIpc) is 2.59. The normalized spacial score (nSPS) is 14.0. The van der Waals surface area contributed by atoms with E-state index in [0.717, 1.165) is 24.2 Å². The number of allylic oxidation sites excluding steroid dienone is 5. The van der Waals surface area contributed by atoms with Gasteiger partial charge in [0.1, 0.15) is 5.76 Å². The van der Waals surface area contributed by atoms with Crippen LogP contribution in [0.3, 0.4) is 0 Å². The number of benzene rings is 1. The highest BCUT2D eigenvalue weighted by molar-refractivity contribution is 5.64. The summed E-state index contributed by atoms with van der Waals surface area (Å²) in [7, 11) is 0. The summed E-state index contributed by atoms with van der Waals surface area (Å²) in [5, 5.41) is 0. The molecule has 0 aliphatic heterocycles. The van der Waals surface area contributed by atoms with Crippen LogP contribution in [0.15, 0.2) is 77.6 Å². The molecular weight excluding hydrogens is 286 g/mol. The lowest BCUT2D eigenvalue weighted by atomic mass is 10.1. The number of hydrogen-bond acceptors (Lipinski definition) is 2. The van der Waals surface area contributed by atoms with Crippen molar-refractivity contribution in [3.8, 4) is 16.9 Å². The van der Waals surface area contributed by atoms with E-state index in [1.807, 2.05) is 72.4 Å². The van der Waals surface area contributed by atoms with Crippen molar-refractivity contribution >= 4 is 6.20 Å². The third kappa shape index (κ3) is 3.51. The molecule has 3 heteroatoms. The van der Waals surface area contributed by atoms with Gasteiger partial charge in [-0.2, -0.15) is 0 Å². The lowest BCUT2D eigenvalue weighted by Gasteiger charge is -2.13. The van der Waals surface area contributed by atoms with Crippen molar-refractivity contribution in [2.24, 2.45) is 0 Å². The summed E-state index contributed by atoms with van der Waals surface area (Å²) in [6.45, 7) is 1.94. The van der Waals surface area contributed by atoms with Crippen molar-refractivity contribution in [3.05, 3.63) is 83.0 Å². The first-order valence-corrected chi connectivity index (χ1v) is 7.75. The maximum Gasteiger partial charge on any atom is 0.231 e. The molecule has 1 heterocycles. The van der Waals surface area contributed by atoms with Crippen LogP contribution >= 0.6 is 0 Å². The average molecular weight is 305 g/mol. The molecule has 0 radical (unpaired) electrons. The molecule has 0 spiro atoms. The fourth-order valence-corrected chi connectivity index (χ4v) is 2.53. The van der Waals surface area contributed by atoms with Gasteiger partial charge in [0.15, 0.2) is 5.75 Å². The number of hydrogen-bond donors (Lipinski definition) is 0. The number of nitrogens with zero attached hydrogens (tertiary/aromatic N) is 1. The Labute approximate surface area is 135 Å². The molecule has 116 valence electrons. The summed E-state index contributed by atoms with van der Waals surface area (Å²) >= 11 is 0. The van der Waals surface area contributed by atoms with Crippen molar-refractivity contribution in [2.45, 2.75) is 19.8 Å². The third-order valence-electron chi connectivity index (χ3n) is 3.64. The van der Waals surface area contributed by atoms with E-state index >= 15 is 0 Å². The standard InChI is InChI=1S/C20H19NO2/c1-2-13-21-14-18(16-9-5-3-6-10-16)20(22)19(15-21)23-17-11-7-4-8-12-17/h2-7,9-11,13-15H,8,12H2,1H3. The number of pyridine rings is 1. The van der Waals surface area contributed by atoms with Crippen molar-refractivity contribution in [3.63, 3.8) is 0 Å². The summed E-state index contributed by atoms with van der Waals surface area (Å²) in [4.78, 5) is 12.8. The molecule has 1 aromatic carbocycles. The molecule has 3 rings (SSSR count). The number of aromatic nitrogens is 1. The summed E-state index contributed by atoms with van der Waals surface area (Å²) in [5.74, 6) is 1.17. The van der Waals surface area contributed by atoms with Gasteiger partial charge in [-0.15, -0.1) is 0 Å². The Kier molecular flexibility index (Phi) is 4.57. The molecule has 0 amide bonds. The second-order valence-corrected chi connectivity index (χ2v) is 5.36. The Morgan fingerprint density at radius 1 is 1.17 bits per heavy atom. The van der Waals surface area contributed by atoms with E-state index in [0.29, 0.717) is 11.3 Å². The van der Waals surface area contributed by atoms with Gasteiger partial charge in [-0.3, -0.25) is 4.79 Å². The second kappa shape index (κ2) is 6.97. The van der Waals surface area contributed by atoms with Crippen molar-refractivity contribution in [1.82, 2.24) is 4.57 Å². The van der Waals surface area contributed by atoms with Gasteiger partial charge >= 0.3 is 0 Å². The fraction of sp³-hybridized carbons (Fsp3) is 0.150. The smallest absolute Gasteiger partial charge is 0.231 e. The van der Waals surface area contributed by atoms with Gasteiger partial charge in [0.05, 0.1) is 6.20 Å². The topological polar surface area (TPSA) is 31.2 Å². The van der Waals surface area contributed by atoms with Gasteiger partial charge in [0.2, 0.25) is 5.43 Å². The zero-order chi connectivity index (χ0) is 16.1. The van der Waals surface area contributed by atoms with E-state index in [9.17, 15) is 4.79 Å². The van der Waals surface area contributed by atoms with Crippen LogP contribution in [-0.4, -0.2) is 4.57 Å². The molecular formula is C20H19NO2. The van der Waals surface area contributed by atoms with Crippen molar-refractivity contribution in [2.75, 3.05) is 0 Å². The lowest BCUT2D eigenvalue weighted by molar-refractivity contribution is 0.397. The first-order valence-electron chi connectivity index (χ1n) is 7.75. The van der Waals surface area contributed by atoms with Gasteiger partial charge in [0, 0.05) is 24.4 Å². The minimum Gasteiger partial charge on any atom is -0.456 e. The zero-order valence-corrected chi connectivity index (χ0v) is 13.1. The quantitative estimate of drug-likeness (QED) is 0.825. The predicted octanol–water partition coefficient (Wildman–Crippen LogP) is 4.62. The van der Waals surface area contributed by atoms with Gasteiger partial charge in [-0.05, 0) is 25.0 Å². The molecule has 1 aromatic heterocycles. The molecule has 0 unspecified atom stereocenters. The number of ether oxygens (including phenoxy) is 1. The van der Waals surface area contributed by atoms with E-state index < -0.39 is 0 Å². The molecule has 0 N–H and O–H groups in total. The van der Waals surface area contributed by atoms with Crippen LogP contribution in [0, 0.1) is 0 Å². The van der Waals surface area contributed by atoms with Gasteiger partial charge in [-0.1, -0.05) is 48.6 Å². The number of rotatable bonds is 4. The maximum atomic E-state index is 12.8. The van der Waals surface area contributed by atoms with Gasteiger partial charge in [-0.25, -0.2) is 0 Å². The fourth-order valence-electron chi connectivity index (χ4n) is 2.53. The molecule has 0 bridgehead atoms. The van der Waals surface area contributed by atoms with Gasteiger partial charge < -0.3 is 9.30 Å². The summed E-state index contributed by atoms with van der Waals surface area (Å²) in [6, 6.07) is 9.66. The summed E-state index contributed by atoms with van der Waals surface area (Å²) in [6.07, 6.45) is 15.1. The molecule has 1 aliphatic rings. The Morgan fingerprint density at radius 2 is 2.00 bits per heavy atom. The SMILES string of the molecule is CC=Cn1cc(OC2=CC=CCC2)c(=O)c(-c2ccccc2)c1. The highest BCUT2D eigenvalue weighted by Crippen LogP contribution is 2.21. The largest absolute Gasteiger partial charge is 0.456 e. The van der Waals surface area contributed by atoms with E-state index in [1.165, 1.54) is 0 Å². The van der Waals surface area contributed by atoms with Gasteiger partial charge in [0.25, 0.3) is 0 Å². The molecule has 0 atom stereocenters. The molecule has 23 heavy (non-hydrogen) atoms. The lowest BCUT2D eigenvalue weighted by Crippen LogP contribution is -2.13. The van der Waals surface area contributed by atoms with Crippen LogP contribution in [0.25, 0.3) is 17.3 Å². The maximum absolute atomic E-state index is 12.8. The first-order chi connectivity index (χ1) is 11.3. The Balaban J connectivity index is 2.08. The third-order valence-corrected chi connectivity index (χ3v) is 3.64. The first kappa shape index (κ1) is 15.1. The van der Waals surface area contributed by atoms with Crippen LogP contribution < -0.4 is 10.2 Å². The highest BCUT2D eigenvalue weighted by Gasteiger charge is 2.12. The Hall–Kier alpha value is -2.81. The molecule has 0 saturated heterocycles. The molecule has 3 nitrogen and oxygen atoms in total. The van der Waals surface area contributed by atoms with Crippen LogP contribution in [0.4, 0.5) is 0 Å². The highest BCUT2D eigenvalue weighted by atomic mass is 16.5. The van der Waals surface area contributed by atoms with E-state index in [-0.39, 0.29) is 5.43 Å². The van der Waals surface area contributed by atoms with Crippen LogP contribution in [0.5, 0.6) is 5.75 Å².